The molecule has 0 aliphatic heterocycles. The summed E-state index contributed by atoms with van der Waals surface area (Å²) in [5.41, 5.74) is 2.23. The van der Waals surface area contributed by atoms with Crippen LogP contribution in [0, 0.1) is 6.92 Å². The molecule has 1 aromatic heterocycles. The Morgan fingerprint density at radius 3 is 2.70 bits per heavy atom. The maximum Gasteiger partial charge on any atom is 0.407 e. The van der Waals surface area contributed by atoms with Crippen molar-refractivity contribution in [3.8, 4) is 0 Å². The maximum atomic E-state index is 12.0. The van der Waals surface area contributed by atoms with Crippen LogP contribution in [-0.4, -0.2) is 29.1 Å². The lowest BCUT2D eigenvalue weighted by Crippen LogP contribution is -2.34. The molecule has 2 amide bonds. The number of hydrogen-bond acceptors (Lipinski definition) is 3. The summed E-state index contributed by atoms with van der Waals surface area (Å²) in [5.74, 6) is -0.160. The molecular weight excluding hydrogens is 294 g/mol. The van der Waals surface area contributed by atoms with Crippen molar-refractivity contribution in [1.29, 1.82) is 0 Å². The van der Waals surface area contributed by atoms with Gasteiger partial charge >= 0.3 is 6.09 Å². The number of carbonyl (C=O) groups excluding carboxylic acids is 2. The van der Waals surface area contributed by atoms with E-state index in [1.807, 2.05) is 31.2 Å². The van der Waals surface area contributed by atoms with Crippen molar-refractivity contribution in [2.24, 2.45) is 0 Å². The van der Waals surface area contributed by atoms with Crippen LogP contribution < -0.4 is 10.6 Å². The molecule has 0 bridgehead atoms. The molecule has 0 aliphatic rings. The highest BCUT2D eigenvalue weighted by Gasteiger charge is 2.16. The number of alkyl carbamates (subject to hydrolysis) is 1. The number of hydrogen-bond donors (Lipinski definition) is 3. The Morgan fingerprint density at radius 1 is 1.26 bits per heavy atom. The number of nitrogens with one attached hydrogen (secondary N) is 3. The van der Waals surface area contributed by atoms with Crippen LogP contribution in [0.5, 0.6) is 0 Å². The number of fused-ring (bicyclic) bond motifs is 1. The number of rotatable bonds is 4. The first-order valence-electron chi connectivity index (χ1n) is 7.59. The number of aromatic amines is 1. The Kier molecular flexibility index (Phi) is 4.93. The number of benzene rings is 1. The van der Waals surface area contributed by atoms with Gasteiger partial charge in [0.05, 0.1) is 5.69 Å². The van der Waals surface area contributed by atoms with Crippen molar-refractivity contribution in [2.45, 2.75) is 39.7 Å². The SMILES string of the molecule is Cc1cc2c(NC(=O)CCNC(=O)OC(C)(C)C)cccc2[nH]1. The Balaban J connectivity index is 1.86. The molecule has 0 fully saturated rings. The molecule has 1 aromatic carbocycles. The van der Waals surface area contributed by atoms with Gasteiger partial charge in [-0.15, -0.1) is 0 Å². The molecule has 0 saturated carbocycles. The van der Waals surface area contributed by atoms with Crippen LogP contribution in [0.3, 0.4) is 0 Å². The third-order valence-corrected chi connectivity index (χ3v) is 3.09. The Hall–Kier alpha value is -2.50. The summed E-state index contributed by atoms with van der Waals surface area (Å²) in [7, 11) is 0. The van der Waals surface area contributed by atoms with Gasteiger partial charge in [0.15, 0.2) is 0 Å². The van der Waals surface area contributed by atoms with E-state index in [4.69, 9.17) is 4.74 Å². The predicted octanol–water partition coefficient (Wildman–Crippen LogP) is 3.33. The third-order valence-electron chi connectivity index (χ3n) is 3.09. The molecule has 0 saturated heterocycles. The number of carbonyl (C=O) groups is 2. The zero-order chi connectivity index (χ0) is 17.0. The van der Waals surface area contributed by atoms with E-state index in [0.717, 1.165) is 22.3 Å². The minimum atomic E-state index is -0.547. The van der Waals surface area contributed by atoms with Crippen molar-refractivity contribution in [2.75, 3.05) is 11.9 Å². The van der Waals surface area contributed by atoms with Gasteiger partial charge in [0.2, 0.25) is 5.91 Å². The first kappa shape index (κ1) is 16.9. The van der Waals surface area contributed by atoms with Crippen LogP contribution in [0.15, 0.2) is 24.3 Å². The van der Waals surface area contributed by atoms with Gasteiger partial charge in [-0.1, -0.05) is 6.07 Å². The Morgan fingerprint density at radius 2 is 2.00 bits per heavy atom. The lowest BCUT2D eigenvalue weighted by molar-refractivity contribution is -0.116. The quantitative estimate of drug-likeness (QED) is 0.809. The zero-order valence-electron chi connectivity index (χ0n) is 13.9. The van der Waals surface area contributed by atoms with E-state index in [1.54, 1.807) is 20.8 Å². The minimum absolute atomic E-state index is 0.160. The molecule has 2 aromatic rings. The largest absolute Gasteiger partial charge is 0.444 e. The Bertz CT molecular complexity index is 713. The van der Waals surface area contributed by atoms with Gasteiger partial charge in [-0.3, -0.25) is 4.79 Å². The molecule has 0 unspecified atom stereocenters. The molecule has 0 spiro atoms. The number of H-pyrrole nitrogens is 1. The topological polar surface area (TPSA) is 83.2 Å². The second kappa shape index (κ2) is 6.73. The van der Waals surface area contributed by atoms with Gasteiger partial charge in [0.1, 0.15) is 5.60 Å². The van der Waals surface area contributed by atoms with E-state index in [-0.39, 0.29) is 18.9 Å². The van der Waals surface area contributed by atoms with Gasteiger partial charge in [-0.25, -0.2) is 4.79 Å². The van der Waals surface area contributed by atoms with Crippen molar-refractivity contribution in [3.63, 3.8) is 0 Å². The Labute approximate surface area is 135 Å². The summed E-state index contributed by atoms with van der Waals surface area (Å²) in [6, 6.07) is 7.69. The monoisotopic (exact) mass is 317 g/mol. The van der Waals surface area contributed by atoms with E-state index in [9.17, 15) is 9.59 Å². The van der Waals surface area contributed by atoms with E-state index in [1.165, 1.54) is 0 Å². The fraction of sp³-hybridized carbons (Fsp3) is 0.412. The van der Waals surface area contributed by atoms with Crippen LogP contribution >= 0.6 is 0 Å². The summed E-state index contributed by atoms with van der Waals surface area (Å²) in [6.45, 7) is 7.57. The van der Waals surface area contributed by atoms with Gasteiger partial charge in [-0.2, -0.15) is 0 Å². The second-order valence-electron chi connectivity index (χ2n) is 6.45. The molecular formula is C17H23N3O3. The molecule has 3 N–H and O–H groups in total. The smallest absolute Gasteiger partial charge is 0.407 e. The van der Waals surface area contributed by atoms with Gasteiger partial charge in [-0.05, 0) is 45.9 Å². The number of amides is 2. The highest BCUT2D eigenvalue weighted by molar-refractivity contribution is 6.01. The summed E-state index contributed by atoms with van der Waals surface area (Å²) in [6.07, 6.45) is -0.340. The summed E-state index contributed by atoms with van der Waals surface area (Å²) in [5, 5.41) is 6.41. The molecule has 23 heavy (non-hydrogen) atoms. The van der Waals surface area contributed by atoms with E-state index >= 15 is 0 Å². The van der Waals surface area contributed by atoms with Crippen LogP contribution in [0.25, 0.3) is 10.9 Å². The summed E-state index contributed by atoms with van der Waals surface area (Å²) in [4.78, 5) is 26.8. The van der Waals surface area contributed by atoms with Crippen molar-refractivity contribution >= 4 is 28.6 Å². The number of anilines is 1. The van der Waals surface area contributed by atoms with Gasteiger partial charge < -0.3 is 20.4 Å². The van der Waals surface area contributed by atoms with Gasteiger partial charge in [0, 0.05) is 29.6 Å². The average molecular weight is 317 g/mol. The molecule has 124 valence electrons. The van der Waals surface area contributed by atoms with E-state index in [2.05, 4.69) is 15.6 Å². The fourth-order valence-electron chi connectivity index (χ4n) is 2.21. The fourth-order valence-corrected chi connectivity index (χ4v) is 2.21. The van der Waals surface area contributed by atoms with E-state index in [0.29, 0.717) is 0 Å². The third kappa shape index (κ3) is 5.02. The van der Waals surface area contributed by atoms with Gasteiger partial charge in [0.25, 0.3) is 0 Å². The standard InChI is InChI=1S/C17H23N3O3/c1-11-10-12-13(19-11)6-5-7-14(12)20-15(21)8-9-18-16(22)23-17(2,3)4/h5-7,10,19H,8-9H2,1-4H3,(H,18,22)(H,20,21). The molecule has 1 heterocycles. The van der Waals surface area contributed by atoms with Crippen LogP contribution in [-0.2, 0) is 9.53 Å². The normalized spacial score (nSPS) is 11.3. The van der Waals surface area contributed by atoms with Crippen molar-refractivity contribution in [1.82, 2.24) is 10.3 Å². The summed E-state index contributed by atoms with van der Waals surface area (Å²) < 4.78 is 5.11. The zero-order valence-corrected chi connectivity index (χ0v) is 13.9. The maximum absolute atomic E-state index is 12.0. The van der Waals surface area contributed by atoms with Crippen LogP contribution in [0.4, 0.5) is 10.5 Å². The van der Waals surface area contributed by atoms with Crippen LogP contribution in [0.2, 0.25) is 0 Å². The summed E-state index contributed by atoms with van der Waals surface area (Å²) >= 11 is 0. The number of aromatic nitrogens is 1. The molecule has 0 radical (unpaired) electrons. The van der Waals surface area contributed by atoms with Crippen molar-refractivity contribution < 1.29 is 14.3 Å². The number of aryl methyl sites for hydroxylation is 1. The molecule has 6 nitrogen and oxygen atoms in total. The predicted molar refractivity (Wildman–Crippen MR) is 90.5 cm³/mol. The molecule has 0 atom stereocenters. The minimum Gasteiger partial charge on any atom is -0.444 e. The van der Waals surface area contributed by atoms with E-state index < -0.39 is 11.7 Å². The van der Waals surface area contributed by atoms with Crippen molar-refractivity contribution in [3.05, 3.63) is 30.0 Å². The highest BCUT2D eigenvalue weighted by Crippen LogP contribution is 2.24. The molecule has 0 aliphatic carbocycles. The molecule has 6 heteroatoms. The first-order valence-corrected chi connectivity index (χ1v) is 7.59. The lowest BCUT2D eigenvalue weighted by Gasteiger charge is -2.19. The average Bonchev–Trinajstić information content (AvgIpc) is 2.78. The number of ether oxygens (including phenoxy) is 1. The second-order valence-corrected chi connectivity index (χ2v) is 6.45. The van der Waals surface area contributed by atoms with Crippen LogP contribution in [0.1, 0.15) is 32.9 Å². The first-order chi connectivity index (χ1) is 10.7. The molecule has 2 rings (SSSR count). The highest BCUT2D eigenvalue weighted by atomic mass is 16.6. The lowest BCUT2D eigenvalue weighted by atomic mass is 10.2.